The van der Waals surface area contributed by atoms with Crippen LogP contribution in [0.5, 0.6) is 0 Å². The first-order valence-electron chi connectivity index (χ1n) is 9.13. The second-order valence-electron chi connectivity index (χ2n) is 7.03. The van der Waals surface area contributed by atoms with Crippen molar-refractivity contribution >= 4 is 5.91 Å². The fourth-order valence-electron chi connectivity index (χ4n) is 3.88. The highest BCUT2D eigenvalue weighted by Gasteiger charge is 2.25. The summed E-state index contributed by atoms with van der Waals surface area (Å²) in [7, 11) is 0. The molecule has 4 rings (SSSR count). The van der Waals surface area contributed by atoms with E-state index in [1.807, 2.05) is 4.90 Å². The number of nitrogens with zero attached hydrogens (tertiary/aromatic N) is 5. The number of hydrogen-bond acceptors (Lipinski definition) is 6. The van der Waals surface area contributed by atoms with Gasteiger partial charge in [-0.25, -0.2) is 0 Å². The van der Waals surface area contributed by atoms with Crippen LogP contribution >= 0.6 is 0 Å². The molecule has 1 aliphatic carbocycles. The highest BCUT2D eigenvalue weighted by molar-refractivity contribution is 5.94. The minimum Gasteiger partial charge on any atom is -0.460 e. The molecule has 1 saturated carbocycles. The van der Waals surface area contributed by atoms with Crippen LogP contribution < -0.4 is 0 Å². The molecule has 0 radical (unpaired) electrons. The zero-order valence-electron chi connectivity index (χ0n) is 14.4. The van der Waals surface area contributed by atoms with Crippen LogP contribution in [0, 0.1) is 5.92 Å². The van der Waals surface area contributed by atoms with Gasteiger partial charge in [-0.3, -0.25) is 9.69 Å². The van der Waals surface area contributed by atoms with E-state index in [1.54, 1.807) is 6.07 Å². The quantitative estimate of drug-likeness (QED) is 0.909. The average molecular weight is 344 g/mol. The highest BCUT2D eigenvalue weighted by atomic mass is 16.3. The van der Waals surface area contributed by atoms with E-state index in [0.29, 0.717) is 17.1 Å². The second kappa shape index (κ2) is 7.35. The van der Waals surface area contributed by atoms with Gasteiger partial charge in [-0.15, -0.1) is 10.2 Å². The first-order valence-corrected chi connectivity index (χ1v) is 9.13. The smallest absolute Gasteiger partial charge is 0.257 e. The molecule has 1 saturated heterocycles. The Hall–Kier alpha value is -2.22. The van der Waals surface area contributed by atoms with E-state index in [0.717, 1.165) is 32.1 Å². The average Bonchev–Trinajstić information content (AvgIpc) is 3.34. The number of rotatable bonds is 4. The van der Waals surface area contributed by atoms with E-state index in [2.05, 4.69) is 25.5 Å². The van der Waals surface area contributed by atoms with Crippen molar-refractivity contribution in [1.82, 2.24) is 30.4 Å². The van der Waals surface area contributed by atoms with E-state index in [1.165, 1.54) is 44.9 Å². The molecule has 0 unspecified atom stereocenters. The monoisotopic (exact) mass is 344 g/mol. The number of aromatic amines is 1. The predicted molar refractivity (Wildman–Crippen MR) is 90.8 cm³/mol. The lowest BCUT2D eigenvalue weighted by molar-refractivity contribution is 0.0605. The zero-order chi connectivity index (χ0) is 17.1. The van der Waals surface area contributed by atoms with Crippen molar-refractivity contribution in [3.8, 4) is 11.6 Å². The Morgan fingerprint density at radius 1 is 1.20 bits per heavy atom. The van der Waals surface area contributed by atoms with Crippen LogP contribution in [0.15, 0.2) is 16.7 Å². The Morgan fingerprint density at radius 2 is 2.00 bits per heavy atom. The normalized spacial score (nSPS) is 20.1. The molecule has 8 nitrogen and oxygen atoms in total. The van der Waals surface area contributed by atoms with E-state index in [9.17, 15) is 4.79 Å². The summed E-state index contributed by atoms with van der Waals surface area (Å²) >= 11 is 0. The third kappa shape index (κ3) is 3.73. The molecule has 2 aromatic rings. The van der Waals surface area contributed by atoms with Gasteiger partial charge in [-0.2, -0.15) is 5.21 Å². The van der Waals surface area contributed by atoms with Crippen molar-refractivity contribution in [2.45, 2.75) is 32.1 Å². The van der Waals surface area contributed by atoms with Gasteiger partial charge in [0.15, 0.2) is 5.76 Å². The second-order valence-corrected chi connectivity index (χ2v) is 7.03. The molecule has 8 heteroatoms. The number of amides is 1. The van der Waals surface area contributed by atoms with Crippen LogP contribution in [0.3, 0.4) is 0 Å². The topological polar surface area (TPSA) is 91.1 Å². The van der Waals surface area contributed by atoms with Crippen LogP contribution in [0.2, 0.25) is 0 Å². The fraction of sp³-hybridized carbons (Fsp3) is 0.647. The van der Waals surface area contributed by atoms with Gasteiger partial charge in [0.25, 0.3) is 5.91 Å². The summed E-state index contributed by atoms with van der Waals surface area (Å²) in [6.45, 7) is 4.65. The van der Waals surface area contributed by atoms with Crippen molar-refractivity contribution < 1.29 is 9.21 Å². The van der Waals surface area contributed by atoms with Gasteiger partial charge in [0.05, 0.1) is 5.56 Å². The van der Waals surface area contributed by atoms with Crippen molar-refractivity contribution in [1.29, 1.82) is 0 Å². The lowest BCUT2D eigenvalue weighted by Crippen LogP contribution is -2.49. The van der Waals surface area contributed by atoms with Crippen molar-refractivity contribution in [3.05, 3.63) is 17.9 Å². The predicted octanol–water partition coefficient (Wildman–Crippen LogP) is 1.80. The molecule has 1 aliphatic heterocycles. The number of piperazine rings is 1. The third-order valence-corrected chi connectivity index (χ3v) is 5.31. The van der Waals surface area contributed by atoms with E-state index in [-0.39, 0.29) is 5.91 Å². The maximum atomic E-state index is 12.7. The molecule has 3 heterocycles. The van der Waals surface area contributed by atoms with Crippen LogP contribution in [-0.4, -0.2) is 69.1 Å². The summed E-state index contributed by atoms with van der Waals surface area (Å²) in [4.78, 5) is 17.1. The first-order chi connectivity index (χ1) is 12.3. The first kappa shape index (κ1) is 16.3. The molecule has 0 aromatic carbocycles. The van der Waals surface area contributed by atoms with E-state index in [4.69, 9.17) is 4.42 Å². The van der Waals surface area contributed by atoms with Crippen LogP contribution in [0.25, 0.3) is 11.6 Å². The molecule has 1 amide bonds. The van der Waals surface area contributed by atoms with Crippen molar-refractivity contribution in [3.63, 3.8) is 0 Å². The largest absolute Gasteiger partial charge is 0.460 e. The Bertz CT molecular complexity index is 684. The van der Waals surface area contributed by atoms with Gasteiger partial charge < -0.3 is 9.32 Å². The molecule has 2 aliphatic rings. The molecular weight excluding hydrogens is 320 g/mol. The molecule has 2 aromatic heterocycles. The Balaban J connectivity index is 1.30. The summed E-state index contributed by atoms with van der Waals surface area (Å²) in [5.74, 6) is 1.67. The molecule has 1 N–H and O–H groups in total. The highest BCUT2D eigenvalue weighted by Crippen LogP contribution is 2.25. The standard InChI is InChI=1S/C17H24N6O2/c24-17(14-10-15(25-12-14)16-18-20-21-19-16)23-8-6-22(7-9-23)11-13-4-2-1-3-5-13/h10,12-13H,1-9,11H2,(H,18,19,20,21). The number of H-pyrrole nitrogens is 1. The molecular formula is C17H24N6O2. The van der Waals surface area contributed by atoms with Gasteiger partial charge in [-0.1, -0.05) is 19.3 Å². The van der Waals surface area contributed by atoms with Crippen LogP contribution in [-0.2, 0) is 0 Å². The van der Waals surface area contributed by atoms with Crippen LogP contribution in [0.4, 0.5) is 0 Å². The molecule has 2 fully saturated rings. The van der Waals surface area contributed by atoms with Gasteiger partial charge in [0.2, 0.25) is 5.82 Å². The fourth-order valence-corrected chi connectivity index (χ4v) is 3.88. The summed E-state index contributed by atoms with van der Waals surface area (Å²) in [5, 5.41) is 13.6. The van der Waals surface area contributed by atoms with Gasteiger partial charge in [0, 0.05) is 38.8 Å². The number of aromatic nitrogens is 4. The molecule has 0 spiro atoms. The molecule has 0 bridgehead atoms. The summed E-state index contributed by atoms with van der Waals surface area (Å²) in [6.07, 6.45) is 8.37. The number of hydrogen-bond donors (Lipinski definition) is 1. The minimum atomic E-state index is 0.0100. The van der Waals surface area contributed by atoms with E-state index >= 15 is 0 Å². The minimum absolute atomic E-state index is 0.0100. The Labute approximate surface area is 146 Å². The van der Waals surface area contributed by atoms with Gasteiger partial charge >= 0.3 is 0 Å². The van der Waals surface area contributed by atoms with E-state index < -0.39 is 0 Å². The Morgan fingerprint density at radius 3 is 2.72 bits per heavy atom. The molecule has 25 heavy (non-hydrogen) atoms. The number of tetrazole rings is 1. The number of furan rings is 1. The molecule has 0 atom stereocenters. The lowest BCUT2D eigenvalue weighted by Gasteiger charge is -2.37. The third-order valence-electron chi connectivity index (χ3n) is 5.31. The summed E-state index contributed by atoms with van der Waals surface area (Å²) in [5.41, 5.74) is 0.542. The maximum Gasteiger partial charge on any atom is 0.257 e. The summed E-state index contributed by atoms with van der Waals surface area (Å²) < 4.78 is 5.40. The van der Waals surface area contributed by atoms with Gasteiger partial charge in [-0.05, 0) is 24.0 Å². The number of carbonyl (C=O) groups is 1. The van der Waals surface area contributed by atoms with Gasteiger partial charge in [0.1, 0.15) is 6.26 Å². The van der Waals surface area contributed by atoms with Crippen molar-refractivity contribution in [2.75, 3.05) is 32.7 Å². The zero-order valence-corrected chi connectivity index (χ0v) is 14.4. The SMILES string of the molecule is O=C(c1coc(-c2nn[nH]n2)c1)N1CCN(CC2CCCCC2)CC1. The number of carbonyl (C=O) groups excluding carboxylic acids is 1. The number of nitrogens with one attached hydrogen (secondary N) is 1. The maximum absolute atomic E-state index is 12.7. The molecule has 134 valence electrons. The van der Waals surface area contributed by atoms with Crippen molar-refractivity contribution in [2.24, 2.45) is 5.92 Å². The Kier molecular flexibility index (Phi) is 4.78. The summed E-state index contributed by atoms with van der Waals surface area (Å²) in [6, 6.07) is 1.68. The van der Waals surface area contributed by atoms with Crippen LogP contribution in [0.1, 0.15) is 42.5 Å². The lowest BCUT2D eigenvalue weighted by atomic mass is 9.89.